The zero-order chi connectivity index (χ0) is 20.2. The van der Waals surface area contributed by atoms with Crippen molar-refractivity contribution in [2.45, 2.75) is 26.4 Å². The van der Waals surface area contributed by atoms with Crippen LogP contribution in [-0.2, 0) is 24.2 Å². The van der Waals surface area contributed by atoms with Crippen LogP contribution in [0.3, 0.4) is 0 Å². The number of hydrogen-bond donors (Lipinski definition) is 1. The fourth-order valence-corrected chi connectivity index (χ4v) is 3.91. The number of carbonyl (C=O) groups is 1. The summed E-state index contributed by atoms with van der Waals surface area (Å²) in [6, 6.07) is 10.3. The van der Waals surface area contributed by atoms with Crippen molar-refractivity contribution in [2.75, 3.05) is 44.2 Å². The summed E-state index contributed by atoms with van der Waals surface area (Å²) in [6.45, 7) is 6.88. The number of nitrogens with zero attached hydrogens (tertiary/aromatic N) is 4. The Morgan fingerprint density at radius 2 is 1.90 bits per heavy atom. The fourth-order valence-electron chi connectivity index (χ4n) is 3.91. The maximum atomic E-state index is 12.7. The number of H-pyrrole nitrogens is 1. The normalized spacial score (nSPS) is 17.1. The second kappa shape index (κ2) is 8.65. The van der Waals surface area contributed by atoms with Crippen molar-refractivity contribution in [1.29, 1.82) is 0 Å². The third kappa shape index (κ3) is 4.42. The predicted molar refractivity (Wildman–Crippen MR) is 110 cm³/mol. The molecular formula is C21H27N5O3. The first kappa shape index (κ1) is 19.4. The van der Waals surface area contributed by atoms with E-state index in [1.54, 1.807) is 11.8 Å². The molecule has 8 heteroatoms. The second-order valence-corrected chi connectivity index (χ2v) is 7.43. The van der Waals surface area contributed by atoms with Crippen molar-refractivity contribution >= 4 is 12.0 Å². The van der Waals surface area contributed by atoms with E-state index in [1.165, 1.54) is 5.56 Å². The van der Waals surface area contributed by atoms with Crippen LogP contribution in [0.2, 0.25) is 0 Å². The van der Waals surface area contributed by atoms with Crippen molar-refractivity contribution in [3.8, 4) is 0 Å². The molecule has 29 heavy (non-hydrogen) atoms. The molecule has 1 N–H and O–H groups in total. The van der Waals surface area contributed by atoms with Gasteiger partial charge in [-0.2, -0.15) is 0 Å². The Morgan fingerprint density at radius 3 is 2.62 bits per heavy atom. The van der Waals surface area contributed by atoms with Gasteiger partial charge in [-0.05, 0) is 12.5 Å². The van der Waals surface area contributed by atoms with Crippen LogP contribution in [0.1, 0.15) is 23.7 Å². The average molecular weight is 397 g/mol. The summed E-state index contributed by atoms with van der Waals surface area (Å²) < 4.78 is 5.06. The first-order valence-electron chi connectivity index (χ1n) is 10.2. The summed E-state index contributed by atoms with van der Waals surface area (Å²) in [7, 11) is 0. The van der Waals surface area contributed by atoms with Gasteiger partial charge in [0.15, 0.2) is 0 Å². The molecule has 1 fully saturated rings. The third-order valence-corrected chi connectivity index (χ3v) is 5.49. The number of piperazine rings is 1. The Hall–Kier alpha value is -2.87. The van der Waals surface area contributed by atoms with Gasteiger partial charge in [0.25, 0.3) is 5.56 Å². The van der Waals surface area contributed by atoms with E-state index in [0.717, 1.165) is 30.8 Å². The van der Waals surface area contributed by atoms with Gasteiger partial charge in [-0.25, -0.2) is 9.78 Å². The first-order chi connectivity index (χ1) is 14.1. The molecule has 2 aromatic rings. The van der Waals surface area contributed by atoms with Gasteiger partial charge in [0.2, 0.25) is 5.95 Å². The van der Waals surface area contributed by atoms with Crippen LogP contribution in [0.15, 0.2) is 35.1 Å². The molecule has 2 aliphatic heterocycles. The Kier molecular flexibility index (Phi) is 5.80. The Morgan fingerprint density at radius 1 is 1.14 bits per heavy atom. The number of rotatable bonds is 4. The monoisotopic (exact) mass is 397 g/mol. The Bertz CT molecular complexity index is 906. The van der Waals surface area contributed by atoms with Crippen LogP contribution >= 0.6 is 0 Å². The first-order valence-corrected chi connectivity index (χ1v) is 10.2. The van der Waals surface area contributed by atoms with Crippen LogP contribution in [0.4, 0.5) is 10.7 Å². The second-order valence-electron chi connectivity index (χ2n) is 7.43. The molecule has 4 rings (SSSR count). The molecule has 0 aliphatic carbocycles. The molecule has 3 heterocycles. The molecule has 1 aromatic heterocycles. The molecule has 0 unspecified atom stereocenters. The van der Waals surface area contributed by atoms with Gasteiger partial charge in [0.1, 0.15) is 0 Å². The quantitative estimate of drug-likeness (QED) is 0.844. The zero-order valence-corrected chi connectivity index (χ0v) is 16.8. The molecule has 0 bridgehead atoms. The maximum absolute atomic E-state index is 12.7. The maximum Gasteiger partial charge on any atom is 0.409 e. The summed E-state index contributed by atoms with van der Waals surface area (Å²) in [4.78, 5) is 38.3. The van der Waals surface area contributed by atoms with E-state index in [2.05, 4.69) is 22.0 Å². The van der Waals surface area contributed by atoms with E-state index in [0.29, 0.717) is 45.3 Å². The predicted octanol–water partition coefficient (Wildman–Crippen LogP) is 1.61. The fraction of sp³-hybridized carbons (Fsp3) is 0.476. The van der Waals surface area contributed by atoms with Crippen LogP contribution in [-0.4, -0.2) is 65.2 Å². The van der Waals surface area contributed by atoms with E-state index in [-0.39, 0.29) is 11.7 Å². The van der Waals surface area contributed by atoms with Gasteiger partial charge >= 0.3 is 6.09 Å². The minimum atomic E-state index is -0.280. The minimum absolute atomic E-state index is 0.0596. The van der Waals surface area contributed by atoms with E-state index >= 15 is 0 Å². The van der Waals surface area contributed by atoms with Gasteiger partial charge in [-0.1, -0.05) is 30.3 Å². The molecule has 1 saturated heterocycles. The summed E-state index contributed by atoms with van der Waals surface area (Å²) in [5.41, 5.74) is 2.84. The number of fused-ring (bicyclic) bond motifs is 1. The number of anilines is 1. The topological polar surface area (TPSA) is 81.8 Å². The van der Waals surface area contributed by atoms with Crippen LogP contribution in [0.25, 0.3) is 0 Å². The summed E-state index contributed by atoms with van der Waals surface area (Å²) in [6.07, 6.45) is 0.486. The lowest BCUT2D eigenvalue weighted by Crippen LogP contribution is -2.50. The summed E-state index contributed by atoms with van der Waals surface area (Å²) in [5.74, 6) is 0.605. The molecule has 0 radical (unpaired) electrons. The largest absolute Gasteiger partial charge is 0.450 e. The minimum Gasteiger partial charge on any atom is -0.450 e. The van der Waals surface area contributed by atoms with Gasteiger partial charge in [0.05, 0.1) is 17.9 Å². The molecule has 1 aromatic carbocycles. The van der Waals surface area contributed by atoms with Crippen molar-refractivity contribution in [3.05, 3.63) is 57.5 Å². The highest BCUT2D eigenvalue weighted by Crippen LogP contribution is 2.19. The van der Waals surface area contributed by atoms with Gasteiger partial charge < -0.3 is 14.5 Å². The lowest BCUT2D eigenvalue weighted by Gasteiger charge is -2.35. The number of aromatic nitrogens is 2. The van der Waals surface area contributed by atoms with E-state index in [4.69, 9.17) is 9.72 Å². The summed E-state index contributed by atoms with van der Waals surface area (Å²) in [5, 5.41) is 0. The zero-order valence-electron chi connectivity index (χ0n) is 16.8. The number of benzene rings is 1. The van der Waals surface area contributed by atoms with Crippen LogP contribution in [0, 0.1) is 0 Å². The lowest BCUT2D eigenvalue weighted by atomic mass is 10.1. The third-order valence-electron chi connectivity index (χ3n) is 5.49. The van der Waals surface area contributed by atoms with Gasteiger partial charge in [-0.3, -0.25) is 14.7 Å². The molecule has 0 spiro atoms. The number of ether oxygens (including phenoxy) is 1. The van der Waals surface area contributed by atoms with Gasteiger partial charge in [0, 0.05) is 52.2 Å². The Balaban J connectivity index is 1.42. The van der Waals surface area contributed by atoms with Crippen molar-refractivity contribution < 1.29 is 9.53 Å². The standard InChI is InChI=1S/C21H27N5O3/c1-2-29-21(28)26-12-10-25(11-13-26)20-22-18-8-9-24(15-17(18)19(27)23-20)14-16-6-4-3-5-7-16/h3-7H,2,8-15H2,1H3,(H,22,23,27). The number of nitrogens with one attached hydrogen (secondary N) is 1. The van der Waals surface area contributed by atoms with Crippen LogP contribution < -0.4 is 10.5 Å². The van der Waals surface area contributed by atoms with E-state index < -0.39 is 0 Å². The van der Waals surface area contributed by atoms with Crippen molar-refractivity contribution in [3.63, 3.8) is 0 Å². The molecule has 2 aliphatic rings. The number of amides is 1. The number of hydrogen-bond acceptors (Lipinski definition) is 6. The van der Waals surface area contributed by atoms with E-state index in [9.17, 15) is 9.59 Å². The molecule has 8 nitrogen and oxygen atoms in total. The Labute approximate surface area is 170 Å². The molecule has 154 valence electrons. The molecular weight excluding hydrogens is 370 g/mol. The van der Waals surface area contributed by atoms with E-state index in [1.807, 2.05) is 23.1 Å². The summed E-state index contributed by atoms with van der Waals surface area (Å²) >= 11 is 0. The highest BCUT2D eigenvalue weighted by molar-refractivity contribution is 5.68. The van der Waals surface area contributed by atoms with Crippen molar-refractivity contribution in [2.24, 2.45) is 0 Å². The smallest absolute Gasteiger partial charge is 0.409 e. The number of aromatic amines is 1. The highest BCUT2D eigenvalue weighted by atomic mass is 16.6. The average Bonchev–Trinajstić information content (AvgIpc) is 2.75. The molecule has 1 amide bonds. The van der Waals surface area contributed by atoms with Crippen molar-refractivity contribution in [1.82, 2.24) is 19.8 Å². The van der Waals surface area contributed by atoms with Crippen LogP contribution in [0.5, 0.6) is 0 Å². The molecule has 0 atom stereocenters. The van der Waals surface area contributed by atoms with Gasteiger partial charge in [-0.15, -0.1) is 0 Å². The number of carbonyl (C=O) groups excluding carboxylic acids is 1. The lowest BCUT2D eigenvalue weighted by molar-refractivity contribution is 0.105. The highest BCUT2D eigenvalue weighted by Gasteiger charge is 2.26. The molecule has 0 saturated carbocycles. The SMILES string of the molecule is CCOC(=O)N1CCN(c2nc3c(c(=O)[nH]2)CN(Cc2ccccc2)CC3)CC1.